The predicted octanol–water partition coefficient (Wildman–Crippen LogP) is 3.46. The van der Waals surface area contributed by atoms with Crippen LogP contribution in [0.3, 0.4) is 0 Å². The lowest BCUT2D eigenvalue weighted by molar-refractivity contribution is 0.0526. The molecular formula is C17H26N2O2. The number of carbonyl (C=O) groups is 1. The quantitative estimate of drug-likeness (QED) is 0.681. The summed E-state index contributed by atoms with van der Waals surface area (Å²) in [6, 6.07) is 5.88. The van der Waals surface area contributed by atoms with Crippen molar-refractivity contribution in [2.75, 3.05) is 24.3 Å². The van der Waals surface area contributed by atoms with E-state index in [0.717, 1.165) is 11.6 Å². The van der Waals surface area contributed by atoms with Crippen LogP contribution in [0, 0.1) is 5.92 Å². The Bertz CT molecular complexity index is 494. The lowest BCUT2D eigenvalue weighted by Gasteiger charge is -2.35. The van der Waals surface area contributed by atoms with E-state index in [-0.39, 0.29) is 5.97 Å². The highest BCUT2D eigenvalue weighted by Crippen LogP contribution is 2.32. The molecular weight excluding hydrogens is 264 g/mol. The minimum Gasteiger partial charge on any atom is -0.462 e. The minimum atomic E-state index is -0.288. The summed E-state index contributed by atoms with van der Waals surface area (Å²) < 4.78 is 5.06. The first-order valence-electron chi connectivity index (χ1n) is 7.82. The first kappa shape index (κ1) is 15.7. The molecule has 0 amide bonds. The molecule has 0 radical (unpaired) electrons. The fraction of sp³-hybridized carbons (Fsp3) is 0.588. The van der Waals surface area contributed by atoms with Crippen LogP contribution in [0.25, 0.3) is 0 Å². The van der Waals surface area contributed by atoms with Gasteiger partial charge in [0.15, 0.2) is 0 Å². The first-order chi connectivity index (χ1) is 10.0. The number of nitrogens with zero attached hydrogens (tertiary/aromatic N) is 1. The maximum atomic E-state index is 11.9. The molecule has 1 fully saturated rings. The van der Waals surface area contributed by atoms with Gasteiger partial charge in [0.1, 0.15) is 0 Å². The number of carbonyl (C=O) groups excluding carboxylic acids is 1. The van der Waals surface area contributed by atoms with Crippen molar-refractivity contribution in [3.8, 4) is 0 Å². The number of esters is 1. The number of hydrogen-bond donors (Lipinski definition) is 1. The molecule has 0 unspecified atom stereocenters. The van der Waals surface area contributed by atoms with E-state index < -0.39 is 0 Å². The molecule has 1 aliphatic rings. The number of anilines is 2. The Kier molecular flexibility index (Phi) is 5.10. The van der Waals surface area contributed by atoms with Gasteiger partial charge in [-0.3, -0.25) is 0 Å². The van der Waals surface area contributed by atoms with Crippen LogP contribution in [-0.2, 0) is 4.74 Å². The molecule has 4 nitrogen and oxygen atoms in total. The van der Waals surface area contributed by atoms with Crippen molar-refractivity contribution in [2.24, 2.45) is 5.92 Å². The zero-order valence-corrected chi connectivity index (χ0v) is 13.3. The van der Waals surface area contributed by atoms with E-state index >= 15 is 0 Å². The summed E-state index contributed by atoms with van der Waals surface area (Å²) in [5, 5.41) is 0. The lowest BCUT2D eigenvalue weighted by Crippen LogP contribution is -2.35. The third-order valence-corrected chi connectivity index (χ3v) is 4.45. The summed E-state index contributed by atoms with van der Waals surface area (Å²) in [6.07, 6.45) is 4.88. The van der Waals surface area contributed by atoms with Crippen molar-refractivity contribution in [3.63, 3.8) is 0 Å². The van der Waals surface area contributed by atoms with Crippen LogP contribution in [0.1, 0.15) is 49.9 Å². The lowest BCUT2D eigenvalue weighted by atomic mass is 9.86. The molecule has 21 heavy (non-hydrogen) atoms. The van der Waals surface area contributed by atoms with E-state index in [0.29, 0.717) is 23.9 Å². The molecule has 1 aromatic rings. The molecule has 0 saturated heterocycles. The SMILES string of the molecule is CCOC(=O)c1ccc(N)c(N(C)C2CCC(C)CC2)c1. The van der Waals surface area contributed by atoms with Crippen molar-refractivity contribution < 1.29 is 9.53 Å². The van der Waals surface area contributed by atoms with Gasteiger partial charge in [-0.1, -0.05) is 6.92 Å². The van der Waals surface area contributed by atoms with Gasteiger partial charge in [-0.15, -0.1) is 0 Å². The molecule has 0 spiro atoms. The normalized spacial score (nSPS) is 21.9. The van der Waals surface area contributed by atoms with Gasteiger partial charge in [0.05, 0.1) is 23.5 Å². The average Bonchev–Trinajstić information content (AvgIpc) is 2.48. The molecule has 0 aromatic heterocycles. The highest BCUT2D eigenvalue weighted by atomic mass is 16.5. The number of rotatable bonds is 4. The highest BCUT2D eigenvalue weighted by Gasteiger charge is 2.23. The molecule has 0 bridgehead atoms. The highest BCUT2D eigenvalue weighted by molar-refractivity contribution is 5.92. The Morgan fingerprint density at radius 2 is 2.00 bits per heavy atom. The average molecular weight is 290 g/mol. The zero-order chi connectivity index (χ0) is 15.4. The number of benzene rings is 1. The summed E-state index contributed by atoms with van der Waals surface area (Å²) in [5.74, 6) is 0.530. The zero-order valence-electron chi connectivity index (χ0n) is 13.3. The van der Waals surface area contributed by atoms with Crippen molar-refractivity contribution in [1.29, 1.82) is 0 Å². The van der Waals surface area contributed by atoms with Crippen LogP contribution in [0.4, 0.5) is 11.4 Å². The van der Waals surface area contributed by atoms with Crippen LogP contribution in [0.15, 0.2) is 18.2 Å². The molecule has 0 atom stereocenters. The van der Waals surface area contributed by atoms with Gasteiger partial charge >= 0.3 is 5.97 Å². The molecule has 4 heteroatoms. The Hall–Kier alpha value is -1.71. The van der Waals surface area contributed by atoms with Gasteiger partial charge in [0, 0.05) is 13.1 Å². The fourth-order valence-electron chi connectivity index (χ4n) is 3.02. The largest absolute Gasteiger partial charge is 0.462 e. The predicted molar refractivity (Wildman–Crippen MR) is 86.6 cm³/mol. The molecule has 0 aliphatic heterocycles. The summed E-state index contributed by atoms with van der Waals surface area (Å²) >= 11 is 0. The summed E-state index contributed by atoms with van der Waals surface area (Å²) in [6.45, 7) is 4.51. The second-order valence-corrected chi connectivity index (χ2v) is 6.02. The number of hydrogen-bond acceptors (Lipinski definition) is 4. The Labute approximate surface area is 127 Å². The van der Waals surface area contributed by atoms with Crippen molar-refractivity contribution in [1.82, 2.24) is 0 Å². The second-order valence-electron chi connectivity index (χ2n) is 6.02. The van der Waals surface area contributed by atoms with Crippen molar-refractivity contribution in [3.05, 3.63) is 23.8 Å². The summed E-state index contributed by atoms with van der Waals surface area (Å²) in [4.78, 5) is 14.1. The van der Waals surface area contributed by atoms with E-state index in [1.54, 1.807) is 12.1 Å². The molecule has 0 heterocycles. The standard InChI is InChI=1S/C17H26N2O2/c1-4-21-17(20)13-7-10-15(18)16(11-13)19(3)14-8-5-12(2)6-9-14/h7,10-12,14H,4-6,8-9,18H2,1-3H3. The molecule has 2 rings (SSSR count). The Morgan fingerprint density at radius 1 is 1.33 bits per heavy atom. The number of nitrogen functional groups attached to an aromatic ring is 1. The van der Waals surface area contributed by atoms with Gasteiger partial charge in [0.25, 0.3) is 0 Å². The van der Waals surface area contributed by atoms with E-state index in [1.807, 2.05) is 13.0 Å². The molecule has 1 aliphatic carbocycles. The van der Waals surface area contributed by atoms with Crippen LogP contribution >= 0.6 is 0 Å². The van der Waals surface area contributed by atoms with Gasteiger partial charge < -0.3 is 15.4 Å². The maximum absolute atomic E-state index is 11.9. The van der Waals surface area contributed by atoms with Gasteiger partial charge in [-0.25, -0.2) is 4.79 Å². The molecule has 1 saturated carbocycles. The molecule has 116 valence electrons. The molecule has 1 aromatic carbocycles. The van der Waals surface area contributed by atoms with E-state index in [2.05, 4.69) is 18.9 Å². The van der Waals surface area contributed by atoms with Gasteiger partial charge in [0.2, 0.25) is 0 Å². The topological polar surface area (TPSA) is 55.6 Å². The van der Waals surface area contributed by atoms with Gasteiger partial charge in [-0.05, 0) is 56.7 Å². The van der Waals surface area contributed by atoms with Crippen LogP contribution < -0.4 is 10.6 Å². The van der Waals surface area contributed by atoms with Crippen LogP contribution in [-0.4, -0.2) is 25.7 Å². The Morgan fingerprint density at radius 3 is 2.62 bits per heavy atom. The number of ether oxygens (including phenoxy) is 1. The third kappa shape index (κ3) is 3.69. The van der Waals surface area contributed by atoms with E-state index in [9.17, 15) is 4.79 Å². The second kappa shape index (κ2) is 6.83. The smallest absolute Gasteiger partial charge is 0.338 e. The van der Waals surface area contributed by atoms with Crippen LogP contribution in [0.2, 0.25) is 0 Å². The Balaban J connectivity index is 2.17. The first-order valence-corrected chi connectivity index (χ1v) is 7.82. The summed E-state index contributed by atoms with van der Waals surface area (Å²) in [5.41, 5.74) is 8.31. The summed E-state index contributed by atoms with van der Waals surface area (Å²) in [7, 11) is 2.07. The van der Waals surface area contributed by atoms with Crippen molar-refractivity contribution >= 4 is 17.3 Å². The van der Waals surface area contributed by atoms with E-state index in [4.69, 9.17) is 10.5 Å². The van der Waals surface area contributed by atoms with E-state index in [1.165, 1.54) is 25.7 Å². The molecule has 2 N–H and O–H groups in total. The third-order valence-electron chi connectivity index (χ3n) is 4.45. The van der Waals surface area contributed by atoms with Gasteiger partial charge in [-0.2, -0.15) is 0 Å². The maximum Gasteiger partial charge on any atom is 0.338 e. The minimum absolute atomic E-state index is 0.288. The fourth-order valence-corrected chi connectivity index (χ4v) is 3.02. The number of nitrogens with two attached hydrogens (primary N) is 1. The monoisotopic (exact) mass is 290 g/mol. The van der Waals surface area contributed by atoms with Crippen LogP contribution in [0.5, 0.6) is 0 Å². The van der Waals surface area contributed by atoms with Crippen molar-refractivity contribution in [2.45, 2.75) is 45.6 Å².